The summed E-state index contributed by atoms with van der Waals surface area (Å²) in [6, 6.07) is 5.67. The smallest absolute Gasteiger partial charge is 0.295 e. The van der Waals surface area contributed by atoms with E-state index in [2.05, 4.69) is 4.98 Å². The molecule has 1 amide bonds. The molecule has 0 spiro atoms. The lowest BCUT2D eigenvalue weighted by Crippen LogP contribution is -2.32. The lowest BCUT2D eigenvalue weighted by Gasteiger charge is -2.26. The van der Waals surface area contributed by atoms with Crippen molar-refractivity contribution in [2.45, 2.75) is 12.5 Å². The molecule has 1 N–H and O–H groups in total. The zero-order chi connectivity index (χ0) is 23.4. The number of aliphatic hydroxyl groups excluding tert-OH is 1. The van der Waals surface area contributed by atoms with Crippen LogP contribution in [0.25, 0.3) is 5.76 Å². The van der Waals surface area contributed by atoms with Gasteiger partial charge in [-0.25, -0.2) is 0 Å². The SMILES string of the molecule is COc1cc(/C(O)=C2\C(=O)C(=O)N(CCCN(C)C)C2c2ccncc2)c(OC)cc1Cl. The second-order valence-electron chi connectivity index (χ2n) is 7.62. The number of ketones is 1. The number of amides is 1. The molecule has 0 saturated carbocycles. The number of likely N-dealkylation sites (tertiary alicyclic amines) is 1. The first-order valence-corrected chi connectivity index (χ1v) is 10.4. The molecule has 9 heteroatoms. The van der Waals surface area contributed by atoms with Crippen LogP contribution < -0.4 is 9.47 Å². The monoisotopic (exact) mass is 459 g/mol. The first kappa shape index (κ1) is 23.6. The fourth-order valence-corrected chi connectivity index (χ4v) is 3.98. The van der Waals surface area contributed by atoms with Crippen LogP contribution in [0.3, 0.4) is 0 Å². The van der Waals surface area contributed by atoms with Crippen LogP contribution in [0.2, 0.25) is 5.02 Å². The molecule has 1 atom stereocenters. The van der Waals surface area contributed by atoms with Crippen LogP contribution >= 0.6 is 11.6 Å². The van der Waals surface area contributed by atoms with Crippen molar-refractivity contribution in [3.05, 3.63) is 58.4 Å². The summed E-state index contributed by atoms with van der Waals surface area (Å²) in [6.45, 7) is 1.10. The summed E-state index contributed by atoms with van der Waals surface area (Å²) >= 11 is 6.18. The van der Waals surface area contributed by atoms with Gasteiger partial charge in [-0.2, -0.15) is 0 Å². The number of carbonyl (C=O) groups is 2. The fourth-order valence-electron chi connectivity index (χ4n) is 3.75. The highest BCUT2D eigenvalue weighted by Gasteiger charge is 2.46. The number of Topliss-reactive ketones (excluding diaryl/α,β-unsaturated/α-hetero) is 1. The van der Waals surface area contributed by atoms with Crippen LogP contribution in [0, 0.1) is 0 Å². The van der Waals surface area contributed by atoms with Gasteiger partial charge in [-0.15, -0.1) is 0 Å². The van der Waals surface area contributed by atoms with Crippen molar-refractivity contribution in [1.82, 2.24) is 14.8 Å². The Balaban J connectivity index is 2.17. The van der Waals surface area contributed by atoms with Crippen molar-refractivity contribution in [3.63, 3.8) is 0 Å². The Kier molecular flexibility index (Phi) is 7.37. The first-order chi connectivity index (χ1) is 15.3. The molecule has 1 saturated heterocycles. The van der Waals surface area contributed by atoms with E-state index in [0.717, 1.165) is 6.54 Å². The van der Waals surface area contributed by atoms with E-state index in [1.165, 1.54) is 31.3 Å². The van der Waals surface area contributed by atoms with Gasteiger partial charge in [0.15, 0.2) is 0 Å². The number of halogens is 1. The van der Waals surface area contributed by atoms with Crippen LogP contribution in [0.4, 0.5) is 0 Å². The maximum Gasteiger partial charge on any atom is 0.295 e. The third-order valence-corrected chi connectivity index (χ3v) is 5.59. The third-order valence-electron chi connectivity index (χ3n) is 5.30. The Bertz CT molecular complexity index is 1040. The van der Waals surface area contributed by atoms with Crippen molar-refractivity contribution < 1.29 is 24.2 Å². The van der Waals surface area contributed by atoms with E-state index in [9.17, 15) is 14.7 Å². The number of hydrogen-bond acceptors (Lipinski definition) is 7. The van der Waals surface area contributed by atoms with Gasteiger partial charge in [-0.05, 0) is 50.8 Å². The number of carbonyl (C=O) groups excluding carboxylic acids is 2. The maximum absolute atomic E-state index is 13.1. The molecule has 1 aromatic carbocycles. The van der Waals surface area contributed by atoms with Gasteiger partial charge < -0.3 is 24.4 Å². The Hall–Kier alpha value is -3.10. The van der Waals surface area contributed by atoms with E-state index in [0.29, 0.717) is 24.3 Å². The van der Waals surface area contributed by atoms with E-state index in [-0.39, 0.29) is 27.7 Å². The van der Waals surface area contributed by atoms with Gasteiger partial charge in [-0.1, -0.05) is 11.6 Å². The lowest BCUT2D eigenvalue weighted by molar-refractivity contribution is -0.139. The molecule has 3 rings (SSSR count). The minimum absolute atomic E-state index is 0.0197. The molecular weight excluding hydrogens is 434 g/mol. The van der Waals surface area contributed by atoms with Gasteiger partial charge in [0.25, 0.3) is 11.7 Å². The predicted octanol–water partition coefficient (Wildman–Crippen LogP) is 3.13. The fraction of sp³-hybridized carbons (Fsp3) is 0.348. The molecule has 1 aliphatic heterocycles. The summed E-state index contributed by atoms with van der Waals surface area (Å²) in [7, 11) is 6.75. The number of nitrogens with zero attached hydrogens (tertiary/aromatic N) is 3. The lowest BCUT2D eigenvalue weighted by atomic mass is 9.95. The number of ether oxygens (including phenoxy) is 2. The summed E-state index contributed by atoms with van der Waals surface area (Å²) in [5.41, 5.74) is 0.860. The van der Waals surface area contributed by atoms with Gasteiger partial charge in [0.1, 0.15) is 17.3 Å². The van der Waals surface area contributed by atoms with Crippen LogP contribution in [-0.2, 0) is 9.59 Å². The Morgan fingerprint density at radius 3 is 2.41 bits per heavy atom. The van der Waals surface area contributed by atoms with Crippen LogP contribution in [0.1, 0.15) is 23.6 Å². The Morgan fingerprint density at radius 2 is 1.81 bits per heavy atom. The molecule has 1 unspecified atom stereocenters. The highest BCUT2D eigenvalue weighted by molar-refractivity contribution is 6.46. The van der Waals surface area contributed by atoms with Crippen molar-refractivity contribution in [2.75, 3.05) is 41.4 Å². The summed E-state index contributed by atoms with van der Waals surface area (Å²) in [6.07, 6.45) is 3.84. The van der Waals surface area contributed by atoms with Gasteiger partial charge in [0.2, 0.25) is 0 Å². The topological polar surface area (TPSA) is 92.2 Å². The van der Waals surface area contributed by atoms with Crippen molar-refractivity contribution in [1.29, 1.82) is 0 Å². The van der Waals surface area contributed by atoms with Crippen molar-refractivity contribution >= 4 is 29.1 Å². The van der Waals surface area contributed by atoms with E-state index in [4.69, 9.17) is 21.1 Å². The molecular formula is C23H26ClN3O5. The van der Waals surface area contributed by atoms with Gasteiger partial charge in [-0.3, -0.25) is 14.6 Å². The zero-order valence-electron chi connectivity index (χ0n) is 18.5. The molecule has 0 bridgehead atoms. The minimum atomic E-state index is -0.759. The average molecular weight is 460 g/mol. The van der Waals surface area contributed by atoms with Gasteiger partial charge in [0, 0.05) is 25.0 Å². The number of rotatable bonds is 8. The third kappa shape index (κ3) is 4.56. The van der Waals surface area contributed by atoms with Crippen LogP contribution in [-0.4, -0.2) is 73.0 Å². The largest absolute Gasteiger partial charge is 0.507 e. The molecule has 170 valence electrons. The average Bonchev–Trinajstić information content (AvgIpc) is 3.03. The molecule has 1 aliphatic rings. The Labute approximate surface area is 192 Å². The molecule has 0 radical (unpaired) electrons. The molecule has 2 aromatic rings. The van der Waals surface area contributed by atoms with E-state index in [1.807, 2.05) is 19.0 Å². The standard InChI is InChI=1S/C23H26ClN3O5/c1-26(2)10-5-11-27-20(14-6-8-25-9-7-14)19(22(29)23(27)30)21(28)15-12-18(32-4)16(24)13-17(15)31-3/h6-9,12-13,20,28H,5,10-11H2,1-4H3/b21-19+. The normalized spacial score (nSPS) is 17.8. The van der Waals surface area contributed by atoms with Gasteiger partial charge >= 0.3 is 0 Å². The molecule has 1 aromatic heterocycles. The van der Waals surface area contributed by atoms with E-state index >= 15 is 0 Å². The van der Waals surface area contributed by atoms with Crippen LogP contribution in [0.15, 0.2) is 42.2 Å². The van der Waals surface area contributed by atoms with E-state index < -0.39 is 17.7 Å². The van der Waals surface area contributed by atoms with Crippen molar-refractivity contribution in [3.8, 4) is 11.5 Å². The van der Waals surface area contributed by atoms with E-state index in [1.54, 1.807) is 24.5 Å². The molecule has 2 heterocycles. The van der Waals surface area contributed by atoms with Crippen LogP contribution in [0.5, 0.6) is 11.5 Å². The number of methoxy groups -OCH3 is 2. The highest BCUT2D eigenvalue weighted by Crippen LogP contribution is 2.42. The molecule has 1 fully saturated rings. The van der Waals surface area contributed by atoms with Gasteiger partial charge in [0.05, 0.1) is 36.4 Å². The number of aliphatic hydroxyl groups is 1. The molecule has 8 nitrogen and oxygen atoms in total. The predicted molar refractivity (Wildman–Crippen MR) is 121 cm³/mol. The Morgan fingerprint density at radius 1 is 1.16 bits per heavy atom. The number of hydrogen-bond donors (Lipinski definition) is 1. The summed E-state index contributed by atoms with van der Waals surface area (Å²) in [5, 5.41) is 11.6. The number of pyridine rings is 1. The molecule has 0 aliphatic carbocycles. The van der Waals surface area contributed by atoms with Crippen molar-refractivity contribution in [2.24, 2.45) is 0 Å². The second-order valence-corrected chi connectivity index (χ2v) is 8.02. The summed E-state index contributed by atoms with van der Waals surface area (Å²) in [4.78, 5) is 33.6. The quantitative estimate of drug-likeness (QED) is 0.368. The molecule has 32 heavy (non-hydrogen) atoms. The summed E-state index contributed by atoms with van der Waals surface area (Å²) in [5.74, 6) is -1.22. The zero-order valence-corrected chi connectivity index (χ0v) is 19.2. The minimum Gasteiger partial charge on any atom is -0.507 e. The maximum atomic E-state index is 13.1. The second kappa shape index (κ2) is 10.0. The first-order valence-electron chi connectivity index (χ1n) is 10.0. The highest BCUT2D eigenvalue weighted by atomic mass is 35.5. The number of aromatic nitrogens is 1. The number of benzene rings is 1. The summed E-state index contributed by atoms with van der Waals surface area (Å²) < 4.78 is 10.6.